The zero-order valence-corrected chi connectivity index (χ0v) is 21.0. The van der Waals surface area contributed by atoms with Crippen molar-refractivity contribution in [3.63, 3.8) is 0 Å². The minimum absolute atomic E-state index is 0.0774. The lowest BCUT2D eigenvalue weighted by Gasteiger charge is -2.32. The molecule has 1 unspecified atom stereocenters. The van der Waals surface area contributed by atoms with Gasteiger partial charge in [-0.2, -0.15) is 0 Å². The molecule has 2 N–H and O–H groups in total. The van der Waals surface area contributed by atoms with Crippen LogP contribution in [0, 0.1) is 16.3 Å². The third kappa shape index (κ3) is 5.06. The van der Waals surface area contributed by atoms with Crippen LogP contribution in [0.15, 0.2) is 42.6 Å². The summed E-state index contributed by atoms with van der Waals surface area (Å²) >= 11 is 2.06. The Morgan fingerprint density at radius 3 is 2.62 bits per heavy atom. The highest BCUT2D eigenvalue weighted by molar-refractivity contribution is 14.1. The van der Waals surface area contributed by atoms with Crippen LogP contribution in [0.2, 0.25) is 0 Å². The molecule has 1 aliphatic heterocycles. The van der Waals surface area contributed by atoms with Gasteiger partial charge in [-0.3, -0.25) is 0 Å². The van der Waals surface area contributed by atoms with Gasteiger partial charge in [0.15, 0.2) is 0 Å². The van der Waals surface area contributed by atoms with Crippen LogP contribution in [0.3, 0.4) is 0 Å². The number of likely N-dealkylation sites (tertiary alicyclic amines) is 1. The number of hydrogen-bond acceptors (Lipinski definition) is 4. The number of hydrogen-bond donors (Lipinski definition) is 2. The summed E-state index contributed by atoms with van der Waals surface area (Å²) in [6.07, 6.45) is 2.55. The largest absolute Gasteiger partial charge is 0.356 e. The van der Waals surface area contributed by atoms with Gasteiger partial charge in [0.05, 0.1) is 27.1 Å². The Morgan fingerprint density at radius 1 is 1.22 bits per heavy atom. The van der Waals surface area contributed by atoms with E-state index in [9.17, 15) is 9.50 Å². The van der Waals surface area contributed by atoms with E-state index >= 15 is 0 Å². The molecule has 0 saturated carbocycles. The molecule has 7 heteroatoms. The number of aromatic amines is 1. The number of H-pyrrole nitrogens is 1. The van der Waals surface area contributed by atoms with E-state index in [1.54, 1.807) is 12.3 Å². The normalized spacial score (nSPS) is 18.3. The van der Waals surface area contributed by atoms with Gasteiger partial charge in [-0.05, 0) is 86.4 Å². The van der Waals surface area contributed by atoms with Gasteiger partial charge in [-0.15, -0.1) is 0 Å². The molecule has 3 aromatic rings. The maximum atomic E-state index is 14.8. The molecule has 2 aromatic carbocycles. The summed E-state index contributed by atoms with van der Waals surface area (Å²) < 4.78 is 21.2. The van der Waals surface area contributed by atoms with Gasteiger partial charge in [-0.1, -0.05) is 29.8 Å². The molecule has 4 rings (SSSR count). The average molecular weight is 549 g/mol. The number of imidazole rings is 1. The van der Waals surface area contributed by atoms with Gasteiger partial charge in [0.2, 0.25) is 6.41 Å². The predicted octanol–water partition coefficient (Wildman–Crippen LogP) is 6.02. The first kappa shape index (κ1) is 23.4. The van der Waals surface area contributed by atoms with Gasteiger partial charge in [-0.25, -0.2) is 14.3 Å². The van der Waals surface area contributed by atoms with E-state index < -0.39 is 12.0 Å². The molecule has 0 spiro atoms. The molecule has 32 heavy (non-hydrogen) atoms. The van der Waals surface area contributed by atoms with Crippen molar-refractivity contribution in [2.75, 3.05) is 6.54 Å². The number of nitrogens with one attached hydrogen (secondary N) is 1. The average Bonchev–Trinajstić information content (AvgIpc) is 3.38. The number of nitrogens with zero attached hydrogens (tertiary/aromatic N) is 2. The molecule has 170 valence electrons. The minimum atomic E-state index is -1.00. The molecule has 0 aliphatic carbocycles. The first-order chi connectivity index (χ1) is 15.1. The zero-order valence-electron chi connectivity index (χ0n) is 18.8. The summed E-state index contributed by atoms with van der Waals surface area (Å²) in [6.45, 7) is 8.52. The molecule has 5 nitrogen and oxygen atoms in total. The molecule has 2 heterocycles. The number of ether oxygens (including phenoxy) is 1. The Bertz CT molecular complexity index is 1090. The predicted molar refractivity (Wildman–Crippen MR) is 132 cm³/mol. The number of aryl methyl sites for hydroxylation is 1. The van der Waals surface area contributed by atoms with Crippen molar-refractivity contribution in [3.8, 4) is 22.4 Å². The summed E-state index contributed by atoms with van der Waals surface area (Å²) in [5.41, 5.74) is 4.04. The lowest BCUT2D eigenvalue weighted by molar-refractivity contribution is -0.243. The quantitative estimate of drug-likeness (QED) is 0.302. The molecule has 2 atom stereocenters. The topological polar surface area (TPSA) is 61.4 Å². The zero-order chi connectivity index (χ0) is 23.0. The maximum Gasteiger partial charge on any atom is 0.217 e. The van der Waals surface area contributed by atoms with Gasteiger partial charge in [0.1, 0.15) is 11.6 Å². The fourth-order valence-electron chi connectivity index (χ4n) is 4.07. The highest BCUT2D eigenvalue weighted by atomic mass is 127. The van der Waals surface area contributed by atoms with Crippen molar-refractivity contribution in [1.82, 2.24) is 14.9 Å². The molecule has 0 amide bonds. The van der Waals surface area contributed by atoms with Crippen LogP contribution in [-0.2, 0) is 4.74 Å². The van der Waals surface area contributed by atoms with Crippen LogP contribution < -0.4 is 0 Å². The van der Waals surface area contributed by atoms with E-state index in [-0.39, 0.29) is 11.9 Å². The van der Waals surface area contributed by atoms with E-state index in [0.29, 0.717) is 3.57 Å². The Kier molecular flexibility index (Phi) is 6.72. The summed E-state index contributed by atoms with van der Waals surface area (Å²) in [7, 11) is 0. The fourth-order valence-corrected chi connectivity index (χ4v) is 4.69. The second kappa shape index (κ2) is 9.21. The summed E-state index contributed by atoms with van der Waals surface area (Å²) in [5.74, 6) is 0.497. The number of aromatic nitrogens is 2. The second-order valence-electron chi connectivity index (χ2n) is 9.32. The molecular weight excluding hydrogens is 520 g/mol. The van der Waals surface area contributed by atoms with E-state index in [0.717, 1.165) is 53.2 Å². The van der Waals surface area contributed by atoms with Crippen molar-refractivity contribution < 1.29 is 14.2 Å². The Hall–Kier alpha value is -1.81. The highest BCUT2D eigenvalue weighted by Gasteiger charge is 2.35. The number of rotatable bonds is 5. The van der Waals surface area contributed by atoms with Crippen LogP contribution in [0.25, 0.3) is 22.4 Å². The molecule has 1 fully saturated rings. The van der Waals surface area contributed by atoms with Crippen molar-refractivity contribution in [3.05, 3.63) is 63.4 Å². The molecule has 1 aliphatic rings. The molecule has 1 aromatic heterocycles. The van der Waals surface area contributed by atoms with Crippen molar-refractivity contribution in [2.45, 2.75) is 58.6 Å². The molecular formula is C25H29FIN3O2. The molecule has 1 saturated heterocycles. The molecule has 0 radical (unpaired) electrons. The van der Waals surface area contributed by atoms with Crippen molar-refractivity contribution in [2.24, 2.45) is 0 Å². The van der Waals surface area contributed by atoms with Crippen molar-refractivity contribution in [1.29, 1.82) is 0 Å². The second-order valence-corrected chi connectivity index (χ2v) is 10.4. The lowest BCUT2D eigenvalue weighted by atomic mass is 10.0. The summed E-state index contributed by atoms with van der Waals surface area (Å²) in [5, 5.41) is 10.6. The first-order valence-corrected chi connectivity index (χ1v) is 11.9. The van der Waals surface area contributed by atoms with E-state index in [1.165, 1.54) is 0 Å². The summed E-state index contributed by atoms with van der Waals surface area (Å²) in [6, 6.07) is 11.6. The molecule has 0 bridgehead atoms. The van der Waals surface area contributed by atoms with E-state index in [4.69, 9.17) is 4.74 Å². The lowest BCUT2D eigenvalue weighted by Crippen LogP contribution is -2.41. The number of aliphatic hydroxyl groups excluding tert-OH is 1. The Morgan fingerprint density at radius 2 is 1.94 bits per heavy atom. The minimum Gasteiger partial charge on any atom is -0.356 e. The Balaban J connectivity index is 1.63. The Labute approximate surface area is 202 Å². The number of benzene rings is 2. The summed E-state index contributed by atoms with van der Waals surface area (Å²) in [4.78, 5) is 9.86. The van der Waals surface area contributed by atoms with Crippen LogP contribution >= 0.6 is 22.6 Å². The highest BCUT2D eigenvalue weighted by Crippen LogP contribution is 2.36. The first-order valence-electron chi connectivity index (χ1n) is 10.9. The van der Waals surface area contributed by atoms with Crippen LogP contribution in [0.1, 0.15) is 51.0 Å². The SMILES string of the molecule is Cc1ccc(-c2cc(-c3cnc([C@@H]4CCCN4C(O)OC(C)(C)C)[nH]3)cc(F)c2I)cc1. The standard InChI is InChI=1S/C25H29FIN3O2/c1-15-7-9-16(10-8-15)18-12-17(13-19(26)22(18)27)20-14-28-23(29-20)21-6-5-11-30(21)24(31)32-25(2,3)4/h7-10,12-14,21,24,31H,5-6,11H2,1-4H3,(H,28,29)/t21-,24?/m0/s1. The van der Waals surface area contributed by atoms with Crippen LogP contribution in [0.4, 0.5) is 4.39 Å². The van der Waals surface area contributed by atoms with Crippen molar-refractivity contribution >= 4 is 22.6 Å². The third-order valence-electron chi connectivity index (χ3n) is 5.65. The van der Waals surface area contributed by atoms with Gasteiger partial charge < -0.3 is 14.8 Å². The van der Waals surface area contributed by atoms with E-state index in [2.05, 4.69) is 32.6 Å². The maximum absolute atomic E-state index is 14.8. The smallest absolute Gasteiger partial charge is 0.217 e. The van der Waals surface area contributed by atoms with Gasteiger partial charge in [0, 0.05) is 12.1 Å². The van der Waals surface area contributed by atoms with Gasteiger partial charge >= 0.3 is 0 Å². The fraction of sp³-hybridized carbons (Fsp3) is 0.400. The van der Waals surface area contributed by atoms with E-state index in [1.807, 2.05) is 62.9 Å². The number of aliphatic hydroxyl groups is 1. The number of halogens is 2. The monoisotopic (exact) mass is 549 g/mol. The van der Waals surface area contributed by atoms with Crippen LogP contribution in [0.5, 0.6) is 0 Å². The third-order valence-corrected chi connectivity index (χ3v) is 6.75. The van der Waals surface area contributed by atoms with Crippen LogP contribution in [-0.4, -0.2) is 38.5 Å². The van der Waals surface area contributed by atoms with Gasteiger partial charge in [0.25, 0.3) is 0 Å².